The summed E-state index contributed by atoms with van der Waals surface area (Å²) in [4.78, 5) is 0. The third kappa shape index (κ3) is 8.05. The van der Waals surface area contributed by atoms with E-state index >= 15 is 0 Å². The minimum atomic E-state index is -0.405. The Morgan fingerprint density at radius 3 is 2.69 bits per heavy atom. The Kier molecular flexibility index (Phi) is 6.96. The van der Waals surface area contributed by atoms with Gasteiger partial charge in [-0.2, -0.15) is 0 Å². The Bertz CT molecular complexity index is 172. The summed E-state index contributed by atoms with van der Waals surface area (Å²) in [5.74, 6) is 0.854. The molecule has 0 aromatic carbocycles. The Hall–Kier alpha value is -0.160. The van der Waals surface area contributed by atoms with Gasteiger partial charge in [0, 0.05) is 6.54 Å². The van der Waals surface area contributed by atoms with Crippen LogP contribution in [0.5, 0.6) is 0 Å². The smallest absolute Gasteiger partial charge is 0.0897 e. The van der Waals surface area contributed by atoms with Crippen LogP contribution in [0.3, 0.4) is 0 Å². The number of hydrogen-bond acceptors (Lipinski definition) is 4. The standard InChI is InChI=1S/C12H25NO3/c1-10(2)16-6-5-15-9-12(14)8-13-7-11-3-4-11/h10-14H,3-9H2,1-2H3. The van der Waals surface area contributed by atoms with Crippen molar-refractivity contribution >= 4 is 0 Å². The predicted octanol–water partition coefficient (Wildman–Crippen LogP) is 0.788. The summed E-state index contributed by atoms with van der Waals surface area (Å²) in [7, 11) is 0. The molecule has 0 amide bonds. The van der Waals surface area contributed by atoms with Gasteiger partial charge in [0.15, 0.2) is 0 Å². The van der Waals surface area contributed by atoms with Crippen molar-refractivity contribution in [1.29, 1.82) is 0 Å². The van der Waals surface area contributed by atoms with Gasteiger partial charge in [0.2, 0.25) is 0 Å². The van der Waals surface area contributed by atoms with Gasteiger partial charge >= 0.3 is 0 Å². The van der Waals surface area contributed by atoms with E-state index in [2.05, 4.69) is 5.32 Å². The Balaban J connectivity index is 1.79. The molecular weight excluding hydrogens is 206 g/mol. The largest absolute Gasteiger partial charge is 0.389 e. The Labute approximate surface area is 98.3 Å². The highest BCUT2D eigenvalue weighted by atomic mass is 16.5. The van der Waals surface area contributed by atoms with E-state index in [1.165, 1.54) is 12.8 Å². The summed E-state index contributed by atoms with van der Waals surface area (Å²) in [5.41, 5.74) is 0. The number of hydrogen-bond donors (Lipinski definition) is 2. The number of rotatable bonds is 10. The molecule has 0 heterocycles. The van der Waals surface area contributed by atoms with Crippen LogP contribution in [0.4, 0.5) is 0 Å². The first-order valence-electron chi connectivity index (χ1n) is 6.26. The molecule has 0 spiro atoms. The first kappa shape index (κ1) is 13.9. The van der Waals surface area contributed by atoms with Gasteiger partial charge in [-0.3, -0.25) is 0 Å². The van der Waals surface area contributed by atoms with Crippen molar-refractivity contribution in [1.82, 2.24) is 5.32 Å². The van der Waals surface area contributed by atoms with Crippen molar-refractivity contribution in [2.45, 2.75) is 38.9 Å². The van der Waals surface area contributed by atoms with E-state index in [1.807, 2.05) is 13.8 Å². The maximum absolute atomic E-state index is 9.56. The van der Waals surface area contributed by atoms with Gasteiger partial charge in [0.05, 0.1) is 32.0 Å². The van der Waals surface area contributed by atoms with Gasteiger partial charge < -0.3 is 19.9 Å². The third-order valence-corrected chi connectivity index (χ3v) is 2.50. The van der Waals surface area contributed by atoms with Gasteiger partial charge in [-0.25, -0.2) is 0 Å². The fourth-order valence-electron chi connectivity index (χ4n) is 1.40. The fraction of sp³-hybridized carbons (Fsp3) is 1.00. The zero-order valence-electron chi connectivity index (χ0n) is 10.4. The van der Waals surface area contributed by atoms with Crippen LogP contribution in [0.15, 0.2) is 0 Å². The van der Waals surface area contributed by atoms with Crippen LogP contribution in [-0.4, -0.2) is 50.2 Å². The topological polar surface area (TPSA) is 50.7 Å². The van der Waals surface area contributed by atoms with E-state index in [4.69, 9.17) is 9.47 Å². The summed E-state index contributed by atoms with van der Waals surface area (Å²) in [6.07, 6.45) is 2.52. The van der Waals surface area contributed by atoms with Crippen LogP contribution in [0, 0.1) is 5.92 Å². The van der Waals surface area contributed by atoms with Crippen molar-refractivity contribution in [2.24, 2.45) is 5.92 Å². The summed E-state index contributed by atoms with van der Waals surface area (Å²) < 4.78 is 10.6. The molecule has 1 unspecified atom stereocenters. The molecule has 1 aliphatic carbocycles. The van der Waals surface area contributed by atoms with Crippen LogP contribution in [0.25, 0.3) is 0 Å². The molecule has 2 N–H and O–H groups in total. The normalized spacial score (nSPS) is 18.0. The molecule has 0 bridgehead atoms. The molecule has 0 radical (unpaired) electrons. The first-order chi connectivity index (χ1) is 7.68. The van der Waals surface area contributed by atoms with Gasteiger partial charge in [-0.15, -0.1) is 0 Å². The van der Waals surface area contributed by atoms with Gasteiger partial charge in [0.1, 0.15) is 0 Å². The van der Waals surface area contributed by atoms with E-state index in [9.17, 15) is 5.11 Å². The lowest BCUT2D eigenvalue weighted by Crippen LogP contribution is -2.32. The summed E-state index contributed by atoms with van der Waals surface area (Å²) >= 11 is 0. The Morgan fingerprint density at radius 1 is 1.31 bits per heavy atom. The van der Waals surface area contributed by atoms with Crippen molar-refractivity contribution in [3.8, 4) is 0 Å². The molecule has 1 rings (SSSR count). The highest BCUT2D eigenvalue weighted by Crippen LogP contribution is 2.27. The molecule has 4 heteroatoms. The van der Waals surface area contributed by atoms with Crippen LogP contribution < -0.4 is 5.32 Å². The van der Waals surface area contributed by atoms with Crippen LogP contribution in [0.2, 0.25) is 0 Å². The fourth-order valence-corrected chi connectivity index (χ4v) is 1.40. The summed E-state index contributed by atoms with van der Waals surface area (Å²) in [6.45, 7) is 7.19. The SMILES string of the molecule is CC(C)OCCOCC(O)CNCC1CC1. The highest BCUT2D eigenvalue weighted by Gasteiger charge is 2.20. The minimum Gasteiger partial charge on any atom is -0.389 e. The molecule has 1 aliphatic rings. The molecule has 0 aromatic heterocycles. The lowest BCUT2D eigenvalue weighted by atomic mass is 10.3. The molecule has 0 aliphatic heterocycles. The summed E-state index contributed by atoms with van der Waals surface area (Å²) in [6, 6.07) is 0. The Morgan fingerprint density at radius 2 is 2.06 bits per heavy atom. The van der Waals surface area contributed by atoms with E-state index in [0.29, 0.717) is 26.4 Å². The molecule has 4 nitrogen and oxygen atoms in total. The molecule has 1 saturated carbocycles. The summed E-state index contributed by atoms with van der Waals surface area (Å²) in [5, 5.41) is 12.8. The average molecular weight is 231 g/mol. The van der Waals surface area contributed by atoms with Crippen molar-refractivity contribution in [3.05, 3.63) is 0 Å². The number of aliphatic hydroxyl groups is 1. The molecule has 1 fully saturated rings. The second-order valence-electron chi connectivity index (χ2n) is 4.75. The molecular formula is C12H25NO3. The average Bonchev–Trinajstić information content (AvgIpc) is 3.00. The third-order valence-electron chi connectivity index (χ3n) is 2.50. The van der Waals surface area contributed by atoms with Crippen LogP contribution in [0.1, 0.15) is 26.7 Å². The van der Waals surface area contributed by atoms with E-state index in [-0.39, 0.29) is 6.10 Å². The number of aliphatic hydroxyl groups excluding tert-OH is 1. The zero-order chi connectivity index (χ0) is 11.8. The van der Waals surface area contributed by atoms with Crippen molar-refractivity contribution < 1.29 is 14.6 Å². The maximum atomic E-state index is 9.56. The van der Waals surface area contributed by atoms with Crippen LogP contribution in [-0.2, 0) is 9.47 Å². The van der Waals surface area contributed by atoms with Crippen LogP contribution >= 0.6 is 0 Å². The second kappa shape index (κ2) is 8.01. The minimum absolute atomic E-state index is 0.244. The first-order valence-corrected chi connectivity index (χ1v) is 6.26. The highest BCUT2D eigenvalue weighted by molar-refractivity contribution is 4.75. The van der Waals surface area contributed by atoms with E-state index in [1.54, 1.807) is 0 Å². The molecule has 1 atom stereocenters. The monoisotopic (exact) mass is 231 g/mol. The maximum Gasteiger partial charge on any atom is 0.0897 e. The second-order valence-corrected chi connectivity index (χ2v) is 4.75. The molecule has 16 heavy (non-hydrogen) atoms. The zero-order valence-corrected chi connectivity index (χ0v) is 10.4. The van der Waals surface area contributed by atoms with E-state index < -0.39 is 6.10 Å². The lowest BCUT2D eigenvalue weighted by Gasteiger charge is -2.13. The number of nitrogens with one attached hydrogen (secondary N) is 1. The quantitative estimate of drug-likeness (QED) is 0.546. The number of ether oxygens (including phenoxy) is 2. The van der Waals surface area contributed by atoms with Gasteiger partial charge in [0.25, 0.3) is 0 Å². The van der Waals surface area contributed by atoms with E-state index in [0.717, 1.165) is 12.5 Å². The lowest BCUT2D eigenvalue weighted by molar-refractivity contribution is -0.00995. The van der Waals surface area contributed by atoms with Gasteiger partial charge in [-0.05, 0) is 39.2 Å². The molecule has 0 aromatic rings. The molecule has 96 valence electrons. The molecule has 0 saturated heterocycles. The predicted molar refractivity (Wildman–Crippen MR) is 63.5 cm³/mol. The van der Waals surface area contributed by atoms with Crippen molar-refractivity contribution in [3.63, 3.8) is 0 Å². The van der Waals surface area contributed by atoms with Crippen molar-refractivity contribution in [2.75, 3.05) is 32.9 Å². The van der Waals surface area contributed by atoms with Gasteiger partial charge in [-0.1, -0.05) is 0 Å².